The van der Waals surface area contributed by atoms with Gasteiger partial charge in [0.1, 0.15) is 0 Å². The van der Waals surface area contributed by atoms with E-state index in [1.165, 1.54) is 0 Å². The van der Waals surface area contributed by atoms with Crippen molar-refractivity contribution in [1.82, 2.24) is 5.32 Å². The second-order valence-electron chi connectivity index (χ2n) is 4.28. The van der Waals surface area contributed by atoms with E-state index in [0.29, 0.717) is 12.2 Å². The van der Waals surface area contributed by atoms with Crippen LogP contribution in [0.2, 0.25) is 0 Å². The van der Waals surface area contributed by atoms with Crippen LogP contribution in [0.5, 0.6) is 0 Å². The minimum atomic E-state index is -0.676. The third-order valence-electron chi connectivity index (χ3n) is 2.84. The highest BCUT2D eigenvalue weighted by Gasteiger charge is 2.19. The Kier molecular flexibility index (Phi) is 4.93. The highest BCUT2D eigenvalue weighted by Crippen LogP contribution is 2.20. The van der Waals surface area contributed by atoms with Crippen LogP contribution in [0, 0.1) is 0 Å². The number of anilines is 1. The van der Waals surface area contributed by atoms with Gasteiger partial charge in [0.2, 0.25) is 0 Å². The molecule has 0 spiro atoms. The van der Waals surface area contributed by atoms with Crippen molar-refractivity contribution in [3.63, 3.8) is 0 Å². The fraction of sp³-hybridized carbons (Fsp3) is 0.385. The van der Waals surface area contributed by atoms with Crippen LogP contribution in [0.1, 0.15) is 12.8 Å². The zero-order valence-electron chi connectivity index (χ0n) is 10.3. The number of hydrogen-bond acceptors (Lipinski definition) is 3. The topological polar surface area (TPSA) is 67.4 Å². The molecule has 1 aromatic rings. The number of para-hydroxylation sites is 1. The standard InChI is InChI=1S/C13H15BrN2O3/c14-10-5-1-2-6-11(10)16-13(18)12(17)15-8-9-4-3-7-19-9/h1-2,5-6,9H,3-4,7-8H2,(H,15,17)(H,16,18)/t9-/m0/s1. The Morgan fingerprint density at radius 3 is 2.79 bits per heavy atom. The van der Waals surface area contributed by atoms with E-state index in [1.807, 2.05) is 6.07 Å². The average Bonchev–Trinajstić information content (AvgIpc) is 2.91. The quantitative estimate of drug-likeness (QED) is 0.830. The molecule has 0 aromatic heterocycles. The first-order chi connectivity index (χ1) is 9.16. The first kappa shape index (κ1) is 14.0. The average molecular weight is 327 g/mol. The first-order valence-corrected chi connectivity index (χ1v) is 6.91. The molecule has 2 rings (SSSR count). The van der Waals surface area contributed by atoms with Crippen LogP contribution in [-0.2, 0) is 14.3 Å². The van der Waals surface area contributed by atoms with Crippen molar-refractivity contribution in [1.29, 1.82) is 0 Å². The molecule has 0 unspecified atom stereocenters. The van der Waals surface area contributed by atoms with Gasteiger partial charge in [0.15, 0.2) is 0 Å². The van der Waals surface area contributed by atoms with E-state index in [2.05, 4.69) is 26.6 Å². The molecule has 1 aromatic carbocycles. The maximum absolute atomic E-state index is 11.7. The highest BCUT2D eigenvalue weighted by molar-refractivity contribution is 9.10. The maximum Gasteiger partial charge on any atom is 0.313 e. The molecule has 1 atom stereocenters. The molecule has 1 aliphatic heterocycles. The summed E-state index contributed by atoms with van der Waals surface area (Å²) in [6, 6.07) is 7.12. The molecule has 1 saturated heterocycles. The number of benzene rings is 1. The fourth-order valence-electron chi connectivity index (χ4n) is 1.83. The van der Waals surface area contributed by atoms with Crippen LogP contribution in [0.15, 0.2) is 28.7 Å². The van der Waals surface area contributed by atoms with Crippen molar-refractivity contribution in [2.45, 2.75) is 18.9 Å². The molecule has 0 aliphatic carbocycles. The molecule has 5 nitrogen and oxygen atoms in total. The molecule has 2 amide bonds. The molecule has 19 heavy (non-hydrogen) atoms. The smallest absolute Gasteiger partial charge is 0.313 e. The maximum atomic E-state index is 11.7. The van der Waals surface area contributed by atoms with Crippen LogP contribution in [-0.4, -0.2) is 31.1 Å². The number of nitrogens with one attached hydrogen (secondary N) is 2. The van der Waals surface area contributed by atoms with Crippen molar-refractivity contribution in [2.24, 2.45) is 0 Å². The Morgan fingerprint density at radius 2 is 2.11 bits per heavy atom. The molecular formula is C13H15BrN2O3. The van der Waals surface area contributed by atoms with Crippen molar-refractivity contribution >= 4 is 33.4 Å². The van der Waals surface area contributed by atoms with Gasteiger partial charge in [-0.25, -0.2) is 0 Å². The lowest BCUT2D eigenvalue weighted by Crippen LogP contribution is -2.39. The number of halogens is 1. The summed E-state index contributed by atoms with van der Waals surface area (Å²) < 4.78 is 6.10. The molecule has 102 valence electrons. The Labute approximate surface area is 119 Å². The fourth-order valence-corrected chi connectivity index (χ4v) is 2.22. The molecule has 1 fully saturated rings. The Hall–Kier alpha value is -1.40. The highest BCUT2D eigenvalue weighted by atomic mass is 79.9. The van der Waals surface area contributed by atoms with Crippen molar-refractivity contribution in [3.05, 3.63) is 28.7 Å². The van der Waals surface area contributed by atoms with Crippen LogP contribution in [0.3, 0.4) is 0 Å². The number of rotatable bonds is 3. The summed E-state index contributed by atoms with van der Waals surface area (Å²) in [6.45, 7) is 1.10. The third-order valence-corrected chi connectivity index (χ3v) is 3.53. The number of hydrogen-bond donors (Lipinski definition) is 2. The van der Waals surface area contributed by atoms with Gasteiger partial charge in [0.05, 0.1) is 11.8 Å². The zero-order valence-corrected chi connectivity index (χ0v) is 11.9. The van der Waals surface area contributed by atoms with E-state index in [0.717, 1.165) is 23.9 Å². The molecule has 2 N–H and O–H groups in total. The molecule has 0 radical (unpaired) electrons. The molecular weight excluding hydrogens is 312 g/mol. The van der Waals surface area contributed by atoms with Gasteiger partial charge in [-0.1, -0.05) is 12.1 Å². The predicted molar refractivity (Wildman–Crippen MR) is 74.8 cm³/mol. The largest absolute Gasteiger partial charge is 0.376 e. The SMILES string of the molecule is O=C(NC[C@@H]1CCCO1)C(=O)Nc1ccccc1Br. The van der Waals surface area contributed by atoms with Gasteiger partial charge in [-0.05, 0) is 40.9 Å². The molecule has 1 heterocycles. The summed E-state index contributed by atoms with van der Waals surface area (Å²) in [5, 5.41) is 5.12. The molecule has 0 bridgehead atoms. The predicted octanol–water partition coefficient (Wildman–Crippen LogP) is 1.68. The van der Waals surface area contributed by atoms with Crippen molar-refractivity contribution in [2.75, 3.05) is 18.5 Å². The van der Waals surface area contributed by atoms with Crippen LogP contribution < -0.4 is 10.6 Å². The summed E-state index contributed by atoms with van der Waals surface area (Å²) in [5.41, 5.74) is 0.569. The lowest BCUT2D eigenvalue weighted by molar-refractivity contribution is -0.136. The Morgan fingerprint density at radius 1 is 1.32 bits per heavy atom. The summed E-state index contributed by atoms with van der Waals surface area (Å²) in [4.78, 5) is 23.3. The van der Waals surface area contributed by atoms with E-state index in [9.17, 15) is 9.59 Å². The van der Waals surface area contributed by atoms with E-state index in [1.54, 1.807) is 18.2 Å². The van der Waals surface area contributed by atoms with E-state index < -0.39 is 11.8 Å². The summed E-state index contributed by atoms with van der Waals surface area (Å²) in [5.74, 6) is -1.32. The first-order valence-electron chi connectivity index (χ1n) is 6.12. The Balaban J connectivity index is 1.82. The lowest BCUT2D eigenvalue weighted by Gasteiger charge is -2.11. The minimum Gasteiger partial charge on any atom is -0.376 e. The van der Waals surface area contributed by atoms with Crippen LogP contribution in [0.25, 0.3) is 0 Å². The molecule has 0 saturated carbocycles. The molecule has 6 heteroatoms. The monoisotopic (exact) mass is 326 g/mol. The van der Waals surface area contributed by atoms with Crippen molar-refractivity contribution < 1.29 is 14.3 Å². The van der Waals surface area contributed by atoms with Gasteiger partial charge in [-0.15, -0.1) is 0 Å². The second-order valence-corrected chi connectivity index (χ2v) is 5.13. The van der Waals surface area contributed by atoms with Gasteiger partial charge < -0.3 is 15.4 Å². The number of carbonyl (C=O) groups is 2. The zero-order chi connectivity index (χ0) is 13.7. The van der Waals surface area contributed by atoms with Gasteiger partial charge in [0, 0.05) is 17.6 Å². The lowest BCUT2D eigenvalue weighted by atomic mass is 10.2. The van der Waals surface area contributed by atoms with Crippen LogP contribution >= 0.6 is 15.9 Å². The van der Waals surface area contributed by atoms with Gasteiger partial charge in [-0.2, -0.15) is 0 Å². The van der Waals surface area contributed by atoms with Gasteiger partial charge in [-0.3, -0.25) is 9.59 Å². The number of amides is 2. The third kappa shape index (κ3) is 4.04. The van der Waals surface area contributed by atoms with Crippen molar-refractivity contribution in [3.8, 4) is 0 Å². The number of ether oxygens (including phenoxy) is 1. The van der Waals surface area contributed by atoms with E-state index >= 15 is 0 Å². The second kappa shape index (κ2) is 6.68. The van der Waals surface area contributed by atoms with E-state index in [-0.39, 0.29) is 6.10 Å². The van der Waals surface area contributed by atoms with Gasteiger partial charge >= 0.3 is 11.8 Å². The van der Waals surface area contributed by atoms with Gasteiger partial charge in [0.25, 0.3) is 0 Å². The van der Waals surface area contributed by atoms with Crippen LogP contribution in [0.4, 0.5) is 5.69 Å². The normalized spacial score (nSPS) is 18.1. The molecule has 1 aliphatic rings. The van der Waals surface area contributed by atoms with E-state index in [4.69, 9.17) is 4.74 Å². The minimum absolute atomic E-state index is 0.0280. The summed E-state index contributed by atoms with van der Waals surface area (Å²) >= 11 is 3.30. The Bertz CT molecular complexity index is 473. The number of carbonyl (C=O) groups excluding carboxylic acids is 2. The summed E-state index contributed by atoms with van der Waals surface area (Å²) in [6.07, 6.45) is 1.95. The summed E-state index contributed by atoms with van der Waals surface area (Å²) in [7, 11) is 0.